The molecule has 1 aliphatic heterocycles. The first-order valence-electron chi connectivity index (χ1n) is 7.16. The van der Waals surface area contributed by atoms with Crippen LogP contribution in [0.3, 0.4) is 0 Å². The van der Waals surface area contributed by atoms with E-state index in [0.717, 1.165) is 45.3 Å². The van der Waals surface area contributed by atoms with Crippen molar-refractivity contribution in [2.24, 2.45) is 18.4 Å². The van der Waals surface area contributed by atoms with E-state index in [-0.39, 0.29) is 11.8 Å². The van der Waals surface area contributed by atoms with Crippen LogP contribution in [-0.4, -0.2) is 35.3 Å². The van der Waals surface area contributed by atoms with Crippen molar-refractivity contribution in [1.29, 1.82) is 0 Å². The normalized spacial score (nSPS) is 24.4. The molecule has 2 aliphatic rings. The molecule has 1 amide bonds. The molecule has 0 bridgehead atoms. The Labute approximate surface area is 113 Å². The second-order valence-corrected chi connectivity index (χ2v) is 5.93. The van der Waals surface area contributed by atoms with Gasteiger partial charge in [-0.3, -0.25) is 9.48 Å². The van der Waals surface area contributed by atoms with Gasteiger partial charge >= 0.3 is 0 Å². The van der Waals surface area contributed by atoms with Crippen LogP contribution >= 0.6 is 0 Å². The van der Waals surface area contributed by atoms with E-state index in [9.17, 15) is 4.79 Å². The van der Waals surface area contributed by atoms with Crippen molar-refractivity contribution < 1.29 is 4.79 Å². The lowest BCUT2D eigenvalue weighted by molar-refractivity contribution is -0.123. The number of carbonyl (C=O) groups excluding carboxylic acids is 1. The summed E-state index contributed by atoms with van der Waals surface area (Å²) in [5.41, 5.74) is 1.51. The number of nitrogens with zero attached hydrogens (tertiary/aromatic N) is 2. The maximum absolute atomic E-state index is 12.1. The Morgan fingerprint density at radius 1 is 1.58 bits per heavy atom. The number of rotatable bonds is 4. The first kappa shape index (κ1) is 12.7. The zero-order valence-electron chi connectivity index (χ0n) is 11.5. The molecule has 1 aromatic rings. The summed E-state index contributed by atoms with van der Waals surface area (Å²) in [6, 6.07) is 0. The molecule has 0 radical (unpaired) electrons. The molecule has 1 atom stereocenters. The smallest absolute Gasteiger partial charge is 0.223 e. The first-order chi connectivity index (χ1) is 9.20. The van der Waals surface area contributed by atoms with E-state index >= 15 is 0 Å². The summed E-state index contributed by atoms with van der Waals surface area (Å²) in [4.78, 5) is 12.1. The average molecular weight is 262 g/mol. The fraction of sp³-hybridized carbons (Fsp3) is 0.714. The number of aryl methyl sites for hydroxylation is 1. The quantitative estimate of drug-likeness (QED) is 0.829. The fourth-order valence-electron chi connectivity index (χ4n) is 3.25. The molecule has 3 rings (SSSR count). The molecule has 1 aliphatic carbocycles. The molecule has 5 heteroatoms. The molecule has 2 fully saturated rings. The summed E-state index contributed by atoms with van der Waals surface area (Å²) >= 11 is 0. The van der Waals surface area contributed by atoms with Crippen LogP contribution in [0.15, 0.2) is 12.4 Å². The van der Waals surface area contributed by atoms with Gasteiger partial charge in [0, 0.05) is 25.7 Å². The lowest BCUT2D eigenvalue weighted by Gasteiger charge is -2.23. The molecule has 19 heavy (non-hydrogen) atoms. The topological polar surface area (TPSA) is 59.0 Å². The Morgan fingerprint density at radius 2 is 2.37 bits per heavy atom. The largest absolute Gasteiger partial charge is 0.356 e. The van der Waals surface area contributed by atoms with Gasteiger partial charge < -0.3 is 10.6 Å². The van der Waals surface area contributed by atoms with Crippen molar-refractivity contribution in [3.63, 3.8) is 0 Å². The Kier molecular flexibility index (Phi) is 3.31. The van der Waals surface area contributed by atoms with Crippen LogP contribution in [0.1, 0.15) is 24.8 Å². The van der Waals surface area contributed by atoms with Gasteiger partial charge in [0.1, 0.15) is 0 Å². The van der Waals surface area contributed by atoms with Crippen LogP contribution in [0.25, 0.3) is 0 Å². The van der Waals surface area contributed by atoms with Gasteiger partial charge in [0.05, 0.1) is 6.20 Å². The van der Waals surface area contributed by atoms with Crippen LogP contribution in [0, 0.1) is 11.3 Å². The van der Waals surface area contributed by atoms with Gasteiger partial charge in [0.2, 0.25) is 5.91 Å². The second-order valence-electron chi connectivity index (χ2n) is 5.93. The van der Waals surface area contributed by atoms with Crippen LogP contribution in [-0.2, 0) is 18.3 Å². The van der Waals surface area contributed by atoms with E-state index in [0.29, 0.717) is 5.41 Å². The highest BCUT2D eigenvalue weighted by Gasteiger charge is 2.57. The van der Waals surface area contributed by atoms with E-state index in [2.05, 4.69) is 15.7 Å². The van der Waals surface area contributed by atoms with Gasteiger partial charge in [-0.15, -0.1) is 0 Å². The fourth-order valence-corrected chi connectivity index (χ4v) is 3.25. The van der Waals surface area contributed by atoms with Crippen molar-refractivity contribution >= 4 is 5.91 Å². The monoisotopic (exact) mass is 262 g/mol. The second kappa shape index (κ2) is 4.96. The van der Waals surface area contributed by atoms with Crippen molar-refractivity contribution in [1.82, 2.24) is 20.4 Å². The Bertz CT molecular complexity index is 462. The third kappa shape index (κ3) is 2.66. The van der Waals surface area contributed by atoms with Gasteiger partial charge in [-0.25, -0.2) is 0 Å². The highest BCUT2D eigenvalue weighted by molar-refractivity contribution is 5.82. The summed E-state index contributed by atoms with van der Waals surface area (Å²) in [6.07, 6.45) is 8.13. The van der Waals surface area contributed by atoms with Crippen LogP contribution < -0.4 is 10.6 Å². The third-order valence-corrected chi connectivity index (χ3v) is 4.58. The first-order valence-corrected chi connectivity index (χ1v) is 7.16. The minimum atomic E-state index is 0.255. The van der Waals surface area contributed by atoms with Crippen LogP contribution in [0.2, 0.25) is 0 Å². The zero-order valence-corrected chi connectivity index (χ0v) is 11.5. The van der Waals surface area contributed by atoms with E-state index in [4.69, 9.17) is 0 Å². The van der Waals surface area contributed by atoms with Crippen molar-refractivity contribution in [3.05, 3.63) is 18.0 Å². The number of nitrogens with one attached hydrogen (secondary N) is 2. The minimum Gasteiger partial charge on any atom is -0.356 e. The summed E-state index contributed by atoms with van der Waals surface area (Å²) in [7, 11) is 1.91. The third-order valence-electron chi connectivity index (χ3n) is 4.58. The van der Waals surface area contributed by atoms with E-state index in [1.54, 1.807) is 4.68 Å². The minimum absolute atomic E-state index is 0.255. The van der Waals surface area contributed by atoms with E-state index in [1.807, 2.05) is 19.4 Å². The van der Waals surface area contributed by atoms with Crippen molar-refractivity contribution in [3.8, 4) is 0 Å². The van der Waals surface area contributed by atoms with Crippen molar-refractivity contribution in [2.45, 2.75) is 25.7 Å². The number of hydrogen-bond donors (Lipinski definition) is 2. The molecule has 1 spiro atoms. The number of hydrogen-bond acceptors (Lipinski definition) is 3. The van der Waals surface area contributed by atoms with Gasteiger partial charge in [-0.05, 0) is 49.8 Å². The Morgan fingerprint density at radius 3 is 3.05 bits per heavy atom. The maximum Gasteiger partial charge on any atom is 0.223 e. The number of amides is 1. The summed E-state index contributed by atoms with van der Waals surface area (Å²) < 4.78 is 1.79. The lowest BCUT2D eigenvalue weighted by Crippen LogP contribution is -2.34. The molecule has 2 N–H and O–H groups in total. The molecular formula is C14H22N4O. The van der Waals surface area contributed by atoms with Gasteiger partial charge in [0.25, 0.3) is 0 Å². The van der Waals surface area contributed by atoms with Gasteiger partial charge in [0.15, 0.2) is 0 Å². The molecule has 1 saturated heterocycles. The van der Waals surface area contributed by atoms with Gasteiger partial charge in [-0.1, -0.05) is 0 Å². The predicted molar refractivity (Wildman–Crippen MR) is 72.6 cm³/mol. The molecule has 104 valence electrons. The molecule has 1 saturated carbocycles. The zero-order chi connectivity index (χ0) is 13.3. The maximum atomic E-state index is 12.1. The molecular weight excluding hydrogens is 240 g/mol. The lowest BCUT2D eigenvalue weighted by atomic mass is 9.92. The standard InChI is InChI=1S/C14H22N4O/c1-18-10-11(9-17-18)2-5-16-13(19)12-8-14(12)3-6-15-7-4-14/h9-10,12,15H,2-8H2,1H3,(H,16,19). The number of aromatic nitrogens is 2. The summed E-state index contributed by atoms with van der Waals surface area (Å²) in [5.74, 6) is 0.522. The molecule has 5 nitrogen and oxygen atoms in total. The number of carbonyl (C=O) groups is 1. The Hall–Kier alpha value is -1.36. The molecule has 1 unspecified atom stereocenters. The van der Waals surface area contributed by atoms with E-state index in [1.165, 1.54) is 5.56 Å². The number of piperidine rings is 1. The molecule has 1 aromatic heterocycles. The predicted octanol–water partition coefficient (Wildman–Crippen LogP) is 0.469. The molecule has 0 aromatic carbocycles. The average Bonchev–Trinajstić information content (AvgIpc) is 2.93. The molecule has 2 heterocycles. The SMILES string of the molecule is Cn1cc(CCNC(=O)C2CC23CCNCC3)cn1. The summed E-state index contributed by atoms with van der Waals surface area (Å²) in [5, 5.41) is 10.6. The van der Waals surface area contributed by atoms with Crippen LogP contribution in [0.5, 0.6) is 0 Å². The highest BCUT2D eigenvalue weighted by atomic mass is 16.2. The van der Waals surface area contributed by atoms with E-state index < -0.39 is 0 Å². The Balaban J connectivity index is 1.43. The highest BCUT2D eigenvalue weighted by Crippen LogP contribution is 2.58. The van der Waals surface area contributed by atoms with Gasteiger partial charge in [-0.2, -0.15) is 5.10 Å². The van der Waals surface area contributed by atoms with Crippen LogP contribution in [0.4, 0.5) is 0 Å². The van der Waals surface area contributed by atoms with Crippen molar-refractivity contribution in [2.75, 3.05) is 19.6 Å². The summed E-state index contributed by atoms with van der Waals surface area (Å²) in [6.45, 7) is 2.86.